The third kappa shape index (κ3) is 39.6. The molecule has 0 saturated carbocycles. The van der Waals surface area contributed by atoms with E-state index in [0.29, 0.717) is 6.61 Å². The van der Waals surface area contributed by atoms with Crippen LogP contribution in [0.5, 0.6) is 0 Å². The van der Waals surface area contributed by atoms with Gasteiger partial charge in [-0.05, 0) is 6.42 Å². The largest absolute Gasteiger partial charge is 0.474 e. The van der Waals surface area contributed by atoms with Crippen LogP contribution in [0.4, 0.5) is 0 Å². The number of aliphatic hydroxyl groups excluding tert-OH is 1. The summed E-state index contributed by atoms with van der Waals surface area (Å²) in [5.41, 5.74) is 0. The molecule has 9 heavy (non-hydrogen) atoms. The molecule has 0 spiro atoms. The first-order chi connectivity index (χ1) is 4.33. The van der Waals surface area contributed by atoms with E-state index in [0.717, 1.165) is 6.42 Å². The standard InChI is InChI=1S/C4H6O.C3H8O/c1-3-5-4-2;1-2-3-4/h3-4H,1-2H2;4H,2-3H2,1H3. The summed E-state index contributed by atoms with van der Waals surface area (Å²) in [6.45, 7) is 8.76. The second-order valence-electron chi connectivity index (χ2n) is 1.19. The van der Waals surface area contributed by atoms with Crippen molar-refractivity contribution in [1.82, 2.24) is 0 Å². The lowest BCUT2D eigenvalue weighted by molar-refractivity contribution is 0.295. The summed E-state index contributed by atoms with van der Waals surface area (Å²) in [4.78, 5) is 0. The Morgan fingerprint density at radius 2 is 1.78 bits per heavy atom. The van der Waals surface area contributed by atoms with Gasteiger partial charge in [-0.25, -0.2) is 0 Å². The molecule has 0 atom stereocenters. The molecule has 1 N–H and O–H groups in total. The van der Waals surface area contributed by atoms with Crippen LogP contribution in [0, 0.1) is 0 Å². The van der Waals surface area contributed by atoms with Gasteiger partial charge in [-0.3, -0.25) is 0 Å². The highest BCUT2D eigenvalue weighted by Crippen LogP contribution is 1.65. The van der Waals surface area contributed by atoms with Gasteiger partial charge in [0.05, 0.1) is 12.5 Å². The van der Waals surface area contributed by atoms with Gasteiger partial charge in [-0.1, -0.05) is 20.1 Å². The topological polar surface area (TPSA) is 29.5 Å². The minimum atomic E-state index is 0.319. The lowest BCUT2D eigenvalue weighted by Gasteiger charge is -1.76. The van der Waals surface area contributed by atoms with Crippen molar-refractivity contribution in [2.75, 3.05) is 6.61 Å². The molecule has 0 unspecified atom stereocenters. The molecule has 0 fully saturated rings. The Morgan fingerprint density at radius 3 is 1.78 bits per heavy atom. The number of hydrogen-bond acceptors (Lipinski definition) is 2. The van der Waals surface area contributed by atoms with Crippen LogP contribution in [0.1, 0.15) is 13.3 Å². The van der Waals surface area contributed by atoms with E-state index in [1.54, 1.807) is 0 Å². The van der Waals surface area contributed by atoms with Crippen molar-refractivity contribution in [2.45, 2.75) is 13.3 Å². The molecule has 0 bridgehead atoms. The zero-order valence-electron chi connectivity index (χ0n) is 5.84. The third-order valence-corrected chi connectivity index (χ3v) is 0.416. The van der Waals surface area contributed by atoms with E-state index >= 15 is 0 Å². The van der Waals surface area contributed by atoms with Crippen molar-refractivity contribution in [3.05, 3.63) is 25.7 Å². The Bertz CT molecular complexity index is 51.9. The third-order valence-electron chi connectivity index (χ3n) is 0.416. The summed E-state index contributed by atoms with van der Waals surface area (Å²) in [5, 5.41) is 7.88. The van der Waals surface area contributed by atoms with Crippen molar-refractivity contribution >= 4 is 0 Å². The Labute approximate surface area is 56.5 Å². The Morgan fingerprint density at radius 1 is 1.44 bits per heavy atom. The predicted octanol–water partition coefficient (Wildman–Crippen LogP) is 1.68. The average Bonchev–Trinajstić information content (AvgIpc) is 1.91. The molecule has 0 aromatic carbocycles. The summed E-state index contributed by atoms with van der Waals surface area (Å²) in [6, 6.07) is 0. The summed E-state index contributed by atoms with van der Waals surface area (Å²) < 4.78 is 4.36. The van der Waals surface area contributed by atoms with Crippen molar-refractivity contribution < 1.29 is 9.84 Å². The fourth-order valence-corrected chi connectivity index (χ4v) is 0.0680. The molecule has 0 aliphatic rings. The lowest BCUT2D eigenvalue weighted by atomic mass is 10.5. The minimum absolute atomic E-state index is 0.319. The van der Waals surface area contributed by atoms with Gasteiger partial charge in [-0.2, -0.15) is 0 Å². The van der Waals surface area contributed by atoms with Crippen LogP contribution in [0.2, 0.25) is 0 Å². The van der Waals surface area contributed by atoms with Crippen LogP contribution in [0.3, 0.4) is 0 Å². The van der Waals surface area contributed by atoms with Gasteiger partial charge in [0.2, 0.25) is 0 Å². The number of ether oxygens (including phenoxy) is 1. The first-order valence-electron chi connectivity index (χ1n) is 2.81. The monoisotopic (exact) mass is 130 g/mol. The molecule has 0 rings (SSSR count). The maximum atomic E-state index is 7.88. The van der Waals surface area contributed by atoms with Gasteiger partial charge < -0.3 is 9.84 Å². The second kappa shape index (κ2) is 15.7. The van der Waals surface area contributed by atoms with Crippen molar-refractivity contribution in [3.8, 4) is 0 Å². The molecule has 0 aliphatic carbocycles. The summed E-state index contributed by atoms with van der Waals surface area (Å²) in [5.74, 6) is 0. The molecular weight excluding hydrogens is 116 g/mol. The average molecular weight is 130 g/mol. The summed E-state index contributed by atoms with van der Waals surface area (Å²) in [6.07, 6.45) is 3.50. The SMILES string of the molecule is C=COC=C.CCCO. The first kappa shape index (κ1) is 11.1. The molecule has 0 amide bonds. The zero-order chi connectivity index (χ0) is 7.54. The molecule has 0 aromatic rings. The van der Waals surface area contributed by atoms with Crippen LogP contribution in [-0.2, 0) is 4.74 Å². The van der Waals surface area contributed by atoms with Gasteiger partial charge in [0, 0.05) is 6.61 Å². The van der Waals surface area contributed by atoms with Crippen molar-refractivity contribution in [3.63, 3.8) is 0 Å². The molecule has 0 heterocycles. The van der Waals surface area contributed by atoms with E-state index in [1.165, 1.54) is 12.5 Å². The van der Waals surface area contributed by atoms with Crippen LogP contribution in [0.15, 0.2) is 25.7 Å². The van der Waals surface area contributed by atoms with Crippen LogP contribution in [0.25, 0.3) is 0 Å². The van der Waals surface area contributed by atoms with Crippen molar-refractivity contribution in [1.29, 1.82) is 0 Å². The molecule has 0 aromatic heterocycles. The fraction of sp³-hybridized carbons (Fsp3) is 0.429. The molecule has 54 valence electrons. The molecule has 2 nitrogen and oxygen atoms in total. The number of rotatable bonds is 3. The zero-order valence-corrected chi connectivity index (χ0v) is 5.84. The van der Waals surface area contributed by atoms with Crippen molar-refractivity contribution in [2.24, 2.45) is 0 Å². The molecule has 2 heteroatoms. The minimum Gasteiger partial charge on any atom is -0.474 e. The first-order valence-corrected chi connectivity index (χ1v) is 2.81. The maximum Gasteiger partial charge on any atom is 0.0829 e. The molecule has 0 radical (unpaired) electrons. The van der Waals surface area contributed by atoms with Gasteiger partial charge in [0.25, 0.3) is 0 Å². The predicted molar refractivity (Wildman–Crippen MR) is 38.9 cm³/mol. The molecular formula is C7H14O2. The summed E-state index contributed by atoms with van der Waals surface area (Å²) >= 11 is 0. The Kier molecular flexibility index (Phi) is 19.3. The highest BCUT2D eigenvalue weighted by Gasteiger charge is 1.57. The normalized spacial score (nSPS) is 6.44. The van der Waals surface area contributed by atoms with Gasteiger partial charge in [0.1, 0.15) is 0 Å². The van der Waals surface area contributed by atoms with E-state index in [9.17, 15) is 0 Å². The highest BCUT2D eigenvalue weighted by molar-refractivity contribution is 4.57. The summed E-state index contributed by atoms with van der Waals surface area (Å²) in [7, 11) is 0. The van der Waals surface area contributed by atoms with Crippen LogP contribution < -0.4 is 0 Å². The van der Waals surface area contributed by atoms with Crippen LogP contribution in [-0.4, -0.2) is 11.7 Å². The quantitative estimate of drug-likeness (QED) is 0.589. The smallest absolute Gasteiger partial charge is 0.0829 e. The second-order valence-corrected chi connectivity index (χ2v) is 1.19. The lowest BCUT2D eigenvalue weighted by Crippen LogP contribution is -1.69. The van der Waals surface area contributed by atoms with E-state index in [4.69, 9.17) is 5.11 Å². The number of aliphatic hydroxyl groups is 1. The van der Waals surface area contributed by atoms with E-state index in [1.807, 2.05) is 6.92 Å². The van der Waals surface area contributed by atoms with Crippen LogP contribution >= 0.6 is 0 Å². The van der Waals surface area contributed by atoms with Gasteiger partial charge in [-0.15, -0.1) is 0 Å². The molecule has 0 saturated heterocycles. The fourth-order valence-electron chi connectivity index (χ4n) is 0.0680. The van der Waals surface area contributed by atoms with E-state index in [-0.39, 0.29) is 0 Å². The molecule has 0 aliphatic heterocycles. The van der Waals surface area contributed by atoms with E-state index < -0.39 is 0 Å². The van der Waals surface area contributed by atoms with Gasteiger partial charge >= 0.3 is 0 Å². The number of hydrogen-bond donors (Lipinski definition) is 1. The highest BCUT2D eigenvalue weighted by atomic mass is 16.5. The Hall–Kier alpha value is -0.760. The van der Waals surface area contributed by atoms with Gasteiger partial charge in [0.15, 0.2) is 0 Å². The Balaban J connectivity index is 0. The van der Waals surface area contributed by atoms with E-state index in [2.05, 4.69) is 17.9 Å². The maximum absolute atomic E-state index is 7.88.